The first-order chi connectivity index (χ1) is 10.1. The highest BCUT2D eigenvalue weighted by Gasteiger charge is 2.42. The van der Waals surface area contributed by atoms with Gasteiger partial charge in [0.05, 0.1) is 6.10 Å². The number of rotatable bonds is 3. The second-order valence-electron chi connectivity index (χ2n) is 7.51. The highest BCUT2D eigenvalue weighted by Crippen LogP contribution is 2.35. The fourth-order valence-corrected chi connectivity index (χ4v) is 4.75. The van der Waals surface area contributed by atoms with Crippen molar-refractivity contribution >= 4 is 6.03 Å². The van der Waals surface area contributed by atoms with Crippen LogP contribution in [-0.2, 0) is 0 Å². The summed E-state index contributed by atoms with van der Waals surface area (Å²) >= 11 is 0. The summed E-state index contributed by atoms with van der Waals surface area (Å²) in [6.07, 6.45) is 11.3. The molecule has 2 aliphatic heterocycles. The largest absolute Gasteiger partial charge is 0.393 e. The van der Waals surface area contributed by atoms with Crippen LogP contribution < -0.4 is 5.32 Å². The summed E-state index contributed by atoms with van der Waals surface area (Å²) in [7, 11) is 0. The molecule has 0 aromatic rings. The lowest BCUT2D eigenvalue weighted by Gasteiger charge is -2.38. The number of piperidine rings is 1. The fraction of sp³-hybridized carbons (Fsp3) is 0.941. The van der Waals surface area contributed by atoms with E-state index in [2.05, 4.69) is 12.2 Å². The number of carbonyl (C=O) groups excluding carboxylic acids is 1. The van der Waals surface area contributed by atoms with Gasteiger partial charge in [0.15, 0.2) is 0 Å². The van der Waals surface area contributed by atoms with Crippen LogP contribution in [0.3, 0.4) is 0 Å². The van der Waals surface area contributed by atoms with Gasteiger partial charge >= 0.3 is 6.03 Å². The van der Waals surface area contributed by atoms with Crippen LogP contribution in [0.15, 0.2) is 0 Å². The van der Waals surface area contributed by atoms with Crippen molar-refractivity contribution in [3.05, 3.63) is 0 Å². The van der Waals surface area contributed by atoms with Gasteiger partial charge in [0.2, 0.25) is 0 Å². The molecule has 4 nitrogen and oxygen atoms in total. The maximum absolute atomic E-state index is 12.6. The molecule has 4 heteroatoms. The van der Waals surface area contributed by atoms with Crippen LogP contribution in [0.1, 0.15) is 71.1 Å². The van der Waals surface area contributed by atoms with E-state index in [1.807, 2.05) is 4.90 Å². The molecule has 3 atom stereocenters. The molecule has 2 unspecified atom stereocenters. The number of aliphatic hydroxyl groups excluding tert-OH is 1. The maximum Gasteiger partial charge on any atom is 0.318 e. The van der Waals surface area contributed by atoms with E-state index in [-0.39, 0.29) is 30.3 Å². The summed E-state index contributed by atoms with van der Waals surface area (Å²) in [5, 5.41) is 13.0. The van der Waals surface area contributed by atoms with E-state index in [4.69, 9.17) is 0 Å². The minimum Gasteiger partial charge on any atom is -0.393 e. The Kier molecular flexibility index (Phi) is 4.72. The van der Waals surface area contributed by atoms with Crippen molar-refractivity contribution in [2.24, 2.45) is 5.92 Å². The monoisotopic (exact) mass is 294 g/mol. The van der Waals surface area contributed by atoms with Crippen molar-refractivity contribution < 1.29 is 9.90 Å². The first-order valence-corrected chi connectivity index (χ1v) is 8.90. The lowest BCUT2D eigenvalue weighted by atomic mass is 9.85. The summed E-state index contributed by atoms with van der Waals surface area (Å²) in [4.78, 5) is 14.6. The molecule has 1 aliphatic carbocycles. The molecule has 0 spiro atoms. The Hall–Kier alpha value is -0.770. The van der Waals surface area contributed by atoms with Crippen LogP contribution in [0.5, 0.6) is 0 Å². The Bertz CT molecular complexity index is 354. The van der Waals surface area contributed by atoms with Gasteiger partial charge in [-0.15, -0.1) is 0 Å². The van der Waals surface area contributed by atoms with E-state index in [1.165, 1.54) is 32.1 Å². The van der Waals surface area contributed by atoms with Crippen LogP contribution in [0.4, 0.5) is 4.79 Å². The first-order valence-electron chi connectivity index (χ1n) is 8.90. The van der Waals surface area contributed by atoms with Gasteiger partial charge in [-0.2, -0.15) is 0 Å². The molecule has 3 fully saturated rings. The third-order valence-electron chi connectivity index (χ3n) is 5.72. The number of urea groups is 1. The van der Waals surface area contributed by atoms with Gasteiger partial charge < -0.3 is 15.3 Å². The van der Waals surface area contributed by atoms with Gasteiger partial charge in [-0.1, -0.05) is 32.1 Å². The lowest BCUT2D eigenvalue weighted by molar-refractivity contribution is 0.0533. The molecule has 0 radical (unpaired) electrons. The Labute approximate surface area is 128 Å². The number of hydrogen-bond donors (Lipinski definition) is 2. The van der Waals surface area contributed by atoms with Crippen molar-refractivity contribution in [2.75, 3.05) is 0 Å². The highest BCUT2D eigenvalue weighted by atomic mass is 16.3. The third-order valence-corrected chi connectivity index (χ3v) is 5.72. The zero-order valence-corrected chi connectivity index (χ0v) is 13.3. The number of amides is 2. The maximum atomic E-state index is 12.6. The standard InChI is InChI=1S/C17H30N2O2/c1-12(9-13-5-3-2-4-6-13)18-17(21)19-14-7-8-15(19)11-16(20)10-14/h12-16,20H,2-11H2,1H3,(H,18,21)/t12-,14?,15?,16?/m1/s1. The molecule has 2 amide bonds. The summed E-state index contributed by atoms with van der Waals surface area (Å²) < 4.78 is 0. The van der Waals surface area contributed by atoms with Crippen molar-refractivity contribution in [3.8, 4) is 0 Å². The zero-order valence-electron chi connectivity index (χ0n) is 13.3. The summed E-state index contributed by atoms with van der Waals surface area (Å²) in [5.74, 6) is 0.800. The Morgan fingerprint density at radius 3 is 2.38 bits per heavy atom. The van der Waals surface area contributed by atoms with Gasteiger partial charge in [0.25, 0.3) is 0 Å². The first kappa shape index (κ1) is 15.1. The third kappa shape index (κ3) is 3.53. The van der Waals surface area contributed by atoms with E-state index >= 15 is 0 Å². The molecule has 0 aromatic heterocycles. The average Bonchev–Trinajstić information content (AvgIpc) is 2.72. The molecule has 2 heterocycles. The molecule has 2 saturated heterocycles. The van der Waals surface area contributed by atoms with Crippen LogP contribution in [0.2, 0.25) is 0 Å². The minimum absolute atomic E-state index is 0.109. The fourth-order valence-electron chi connectivity index (χ4n) is 4.75. The average molecular weight is 294 g/mol. The normalized spacial score (nSPS) is 34.8. The van der Waals surface area contributed by atoms with Crippen molar-refractivity contribution in [1.82, 2.24) is 10.2 Å². The van der Waals surface area contributed by atoms with E-state index in [0.717, 1.165) is 38.0 Å². The molecule has 2 N–H and O–H groups in total. The smallest absolute Gasteiger partial charge is 0.318 e. The molecule has 3 aliphatic rings. The van der Waals surface area contributed by atoms with E-state index in [1.54, 1.807) is 0 Å². The highest BCUT2D eigenvalue weighted by molar-refractivity contribution is 5.75. The van der Waals surface area contributed by atoms with E-state index in [0.29, 0.717) is 0 Å². The Morgan fingerprint density at radius 2 is 1.76 bits per heavy atom. The predicted molar refractivity (Wildman–Crippen MR) is 83.1 cm³/mol. The van der Waals surface area contributed by atoms with Gasteiger partial charge in [-0.25, -0.2) is 4.79 Å². The van der Waals surface area contributed by atoms with Gasteiger partial charge in [-0.3, -0.25) is 0 Å². The van der Waals surface area contributed by atoms with Gasteiger partial charge in [0.1, 0.15) is 0 Å². The summed E-state index contributed by atoms with van der Waals surface area (Å²) in [6, 6.07) is 0.908. The topological polar surface area (TPSA) is 52.6 Å². The van der Waals surface area contributed by atoms with Crippen LogP contribution in [0.25, 0.3) is 0 Å². The molecule has 21 heavy (non-hydrogen) atoms. The van der Waals surface area contributed by atoms with Crippen LogP contribution >= 0.6 is 0 Å². The van der Waals surface area contributed by atoms with Crippen molar-refractivity contribution in [2.45, 2.75) is 95.4 Å². The van der Waals surface area contributed by atoms with E-state index < -0.39 is 0 Å². The lowest BCUT2D eigenvalue weighted by Crippen LogP contribution is -2.53. The molecule has 1 saturated carbocycles. The quantitative estimate of drug-likeness (QED) is 0.840. The molecular formula is C17H30N2O2. The Balaban J connectivity index is 1.49. The van der Waals surface area contributed by atoms with Crippen LogP contribution in [0, 0.1) is 5.92 Å². The summed E-state index contributed by atoms with van der Waals surface area (Å²) in [5.41, 5.74) is 0. The predicted octanol–water partition coefficient (Wildman–Crippen LogP) is 3.04. The summed E-state index contributed by atoms with van der Waals surface area (Å²) in [6.45, 7) is 2.15. The van der Waals surface area contributed by atoms with Crippen LogP contribution in [-0.4, -0.2) is 40.3 Å². The van der Waals surface area contributed by atoms with Gasteiger partial charge in [0, 0.05) is 18.1 Å². The number of fused-ring (bicyclic) bond motifs is 2. The number of hydrogen-bond acceptors (Lipinski definition) is 2. The van der Waals surface area contributed by atoms with E-state index in [9.17, 15) is 9.90 Å². The van der Waals surface area contributed by atoms with Gasteiger partial charge in [-0.05, 0) is 44.9 Å². The molecule has 3 rings (SSSR count). The number of nitrogens with one attached hydrogen (secondary N) is 1. The van der Waals surface area contributed by atoms with Crippen molar-refractivity contribution in [1.29, 1.82) is 0 Å². The molecule has 0 aromatic carbocycles. The zero-order chi connectivity index (χ0) is 14.8. The molecular weight excluding hydrogens is 264 g/mol. The SMILES string of the molecule is C[C@H](CC1CCCCC1)NC(=O)N1C2CCC1CC(O)C2. The second-order valence-corrected chi connectivity index (χ2v) is 7.51. The number of carbonyl (C=O) groups is 1. The minimum atomic E-state index is -0.203. The van der Waals surface area contributed by atoms with Crippen molar-refractivity contribution in [3.63, 3.8) is 0 Å². The molecule has 2 bridgehead atoms. The number of nitrogens with zero attached hydrogens (tertiary/aromatic N) is 1. The Morgan fingerprint density at radius 1 is 1.14 bits per heavy atom. The number of aliphatic hydroxyl groups is 1. The molecule has 120 valence electrons. The second kappa shape index (κ2) is 6.55.